The lowest BCUT2D eigenvalue weighted by molar-refractivity contribution is -0.111. The fraction of sp³-hybridized carbons (Fsp3) is 0.233. The summed E-state index contributed by atoms with van der Waals surface area (Å²) in [5.41, 5.74) is 8.28. The van der Waals surface area contributed by atoms with Crippen LogP contribution >= 0.6 is 0 Å². The molecule has 0 unspecified atom stereocenters. The predicted octanol–water partition coefficient (Wildman–Crippen LogP) is 7.47. The summed E-state index contributed by atoms with van der Waals surface area (Å²) >= 11 is 0. The average Bonchev–Trinajstić information content (AvgIpc) is 3.28. The lowest BCUT2D eigenvalue weighted by Crippen LogP contribution is -2.10. The Morgan fingerprint density at radius 1 is 1.06 bits per heavy atom. The van der Waals surface area contributed by atoms with E-state index in [-0.39, 0.29) is 5.91 Å². The van der Waals surface area contributed by atoms with Crippen molar-refractivity contribution in [2.75, 3.05) is 19.0 Å². The number of methoxy groups -OCH3 is 1. The smallest absolute Gasteiger partial charge is 0.248 e. The molecule has 0 spiro atoms. The first-order valence-electron chi connectivity index (χ1n) is 11.7. The Morgan fingerprint density at radius 2 is 1.83 bits per heavy atom. The first kappa shape index (κ1) is 24.1. The van der Waals surface area contributed by atoms with Crippen LogP contribution in [0.1, 0.15) is 36.1 Å². The number of carbonyl (C=O) groups excluding carboxylic acids is 1. The van der Waals surface area contributed by atoms with Gasteiger partial charge in [-0.2, -0.15) is 0 Å². The number of amides is 1. The maximum Gasteiger partial charge on any atom is 0.248 e. The van der Waals surface area contributed by atoms with Crippen molar-refractivity contribution >= 4 is 28.1 Å². The van der Waals surface area contributed by atoms with Crippen LogP contribution in [0.25, 0.3) is 27.7 Å². The molecule has 0 radical (unpaired) electrons. The number of hydrogen-bond acceptors (Lipinski definition) is 4. The number of rotatable bonds is 7. The molecule has 0 aliphatic rings. The van der Waals surface area contributed by atoms with Gasteiger partial charge >= 0.3 is 0 Å². The van der Waals surface area contributed by atoms with Gasteiger partial charge in [-0.3, -0.25) is 4.79 Å². The maximum atomic E-state index is 12.9. The molecule has 0 saturated carbocycles. The standard InChI is InChI=1S/C30H31NO4/c1-7-34-29-21(5)30-25(26(17-35-30)22-11-9-12-23(15-22)33-6)16-24(29)19(3)14-28(32)31-27-13-8-10-18(2)20(27)4/h8-17H,7H2,1-6H3,(H,31,32)/b19-14+. The SMILES string of the molecule is CCOc1c(/C(C)=C/C(=O)Nc2cccc(C)c2C)cc2c(-c3cccc(OC)c3)coc2c1C. The third-order valence-electron chi connectivity index (χ3n) is 6.35. The molecule has 1 amide bonds. The van der Waals surface area contributed by atoms with Gasteiger partial charge in [-0.1, -0.05) is 24.3 Å². The van der Waals surface area contributed by atoms with Crippen molar-refractivity contribution in [3.8, 4) is 22.6 Å². The maximum absolute atomic E-state index is 12.9. The largest absolute Gasteiger partial charge is 0.497 e. The van der Waals surface area contributed by atoms with E-state index in [1.165, 1.54) is 0 Å². The van der Waals surface area contributed by atoms with Gasteiger partial charge < -0.3 is 19.2 Å². The second kappa shape index (κ2) is 10.1. The quantitative estimate of drug-likeness (QED) is 0.285. The molecule has 0 saturated heterocycles. The summed E-state index contributed by atoms with van der Waals surface area (Å²) in [4.78, 5) is 12.9. The van der Waals surface area contributed by atoms with Gasteiger partial charge in [0.2, 0.25) is 5.91 Å². The van der Waals surface area contributed by atoms with Crippen molar-refractivity contribution in [2.24, 2.45) is 0 Å². The predicted molar refractivity (Wildman–Crippen MR) is 142 cm³/mol. The minimum absolute atomic E-state index is 0.184. The molecule has 1 heterocycles. The highest BCUT2D eigenvalue weighted by Gasteiger charge is 2.19. The van der Waals surface area contributed by atoms with Crippen molar-refractivity contribution < 1.29 is 18.7 Å². The fourth-order valence-corrected chi connectivity index (χ4v) is 4.28. The molecule has 1 aromatic heterocycles. The van der Waals surface area contributed by atoms with E-state index in [0.717, 1.165) is 67.1 Å². The van der Waals surface area contributed by atoms with Gasteiger partial charge in [0.25, 0.3) is 0 Å². The number of hydrogen-bond donors (Lipinski definition) is 1. The van der Waals surface area contributed by atoms with Crippen LogP contribution in [0.3, 0.4) is 0 Å². The molecule has 180 valence electrons. The van der Waals surface area contributed by atoms with Crippen molar-refractivity contribution in [2.45, 2.75) is 34.6 Å². The summed E-state index contributed by atoms with van der Waals surface area (Å²) in [5.74, 6) is 1.32. The minimum Gasteiger partial charge on any atom is -0.497 e. The van der Waals surface area contributed by atoms with E-state index < -0.39 is 0 Å². The van der Waals surface area contributed by atoms with Crippen molar-refractivity contribution in [1.29, 1.82) is 0 Å². The van der Waals surface area contributed by atoms with Crippen LogP contribution in [0.5, 0.6) is 11.5 Å². The number of benzene rings is 3. The Kier molecular flexibility index (Phi) is 6.97. The number of allylic oxidation sites excluding steroid dienone is 1. The number of fused-ring (bicyclic) bond motifs is 1. The Balaban J connectivity index is 1.79. The van der Waals surface area contributed by atoms with Crippen LogP contribution in [-0.2, 0) is 4.79 Å². The van der Waals surface area contributed by atoms with E-state index in [9.17, 15) is 4.79 Å². The van der Waals surface area contributed by atoms with E-state index in [0.29, 0.717) is 6.61 Å². The molecule has 4 rings (SSSR count). The summed E-state index contributed by atoms with van der Waals surface area (Å²) < 4.78 is 17.4. The molecule has 0 bridgehead atoms. The number of carbonyl (C=O) groups is 1. The van der Waals surface area contributed by atoms with Gasteiger partial charge in [-0.05, 0) is 81.1 Å². The normalized spacial score (nSPS) is 11.5. The first-order chi connectivity index (χ1) is 16.8. The highest BCUT2D eigenvalue weighted by molar-refractivity contribution is 6.06. The Hall–Kier alpha value is -3.99. The second-order valence-electron chi connectivity index (χ2n) is 8.63. The van der Waals surface area contributed by atoms with Crippen LogP contribution in [0.15, 0.2) is 65.3 Å². The summed E-state index contributed by atoms with van der Waals surface area (Å²) in [7, 11) is 1.65. The molecule has 3 aromatic carbocycles. The van der Waals surface area contributed by atoms with Crippen LogP contribution in [-0.4, -0.2) is 19.6 Å². The Bertz CT molecular complexity index is 1430. The van der Waals surface area contributed by atoms with Crippen molar-refractivity contribution in [3.63, 3.8) is 0 Å². The molecule has 1 N–H and O–H groups in total. The molecule has 0 atom stereocenters. The summed E-state index contributed by atoms with van der Waals surface area (Å²) in [6.45, 7) is 10.4. The van der Waals surface area contributed by atoms with E-state index in [4.69, 9.17) is 13.9 Å². The molecule has 0 aliphatic carbocycles. The van der Waals surface area contributed by atoms with Crippen LogP contribution in [0, 0.1) is 20.8 Å². The average molecular weight is 470 g/mol. The van der Waals surface area contributed by atoms with Gasteiger partial charge in [-0.15, -0.1) is 0 Å². The molecular formula is C30H31NO4. The number of nitrogens with one attached hydrogen (secondary N) is 1. The minimum atomic E-state index is -0.184. The van der Waals surface area contributed by atoms with Gasteiger partial charge in [0.15, 0.2) is 0 Å². The van der Waals surface area contributed by atoms with Crippen LogP contribution in [0.2, 0.25) is 0 Å². The van der Waals surface area contributed by atoms with Gasteiger partial charge in [0, 0.05) is 33.8 Å². The molecule has 35 heavy (non-hydrogen) atoms. The monoisotopic (exact) mass is 469 g/mol. The van der Waals surface area contributed by atoms with Crippen LogP contribution < -0.4 is 14.8 Å². The number of aryl methyl sites for hydroxylation is 2. The summed E-state index contributed by atoms with van der Waals surface area (Å²) in [6.07, 6.45) is 3.38. The zero-order chi connectivity index (χ0) is 25.1. The number of ether oxygens (including phenoxy) is 2. The third kappa shape index (κ3) is 4.80. The van der Waals surface area contributed by atoms with Gasteiger partial charge in [0.1, 0.15) is 17.1 Å². The van der Waals surface area contributed by atoms with Crippen LogP contribution in [0.4, 0.5) is 5.69 Å². The molecule has 5 heteroatoms. The van der Waals surface area contributed by atoms with Gasteiger partial charge in [0.05, 0.1) is 20.0 Å². The topological polar surface area (TPSA) is 60.7 Å². The fourth-order valence-electron chi connectivity index (χ4n) is 4.28. The van der Waals surface area contributed by atoms with E-state index in [1.807, 2.05) is 83.1 Å². The number of anilines is 1. The highest BCUT2D eigenvalue weighted by Crippen LogP contribution is 2.41. The Labute approximate surface area is 206 Å². The van der Waals surface area contributed by atoms with Crippen molar-refractivity contribution in [3.05, 3.63) is 83.1 Å². The Morgan fingerprint density at radius 3 is 2.57 bits per heavy atom. The molecule has 0 fully saturated rings. The highest BCUT2D eigenvalue weighted by atomic mass is 16.5. The number of furan rings is 1. The lowest BCUT2D eigenvalue weighted by atomic mass is 9.96. The zero-order valence-corrected chi connectivity index (χ0v) is 21.1. The van der Waals surface area contributed by atoms with Crippen molar-refractivity contribution in [1.82, 2.24) is 0 Å². The first-order valence-corrected chi connectivity index (χ1v) is 11.7. The lowest BCUT2D eigenvalue weighted by Gasteiger charge is -2.15. The third-order valence-corrected chi connectivity index (χ3v) is 6.35. The summed E-state index contributed by atoms with van der Waals surface area (Å²) in [6, 6.07) is 15.8. The summed E-state index contributed by atoms with van der Waals surface area (Å²) in [5, 5.41) is 3.97. The molecule has 4 aromatic rings. The molecule has 5 nitrogen and oxygen atoms in total. The van der Waals surface area contributed by atoms with E-state index in [1.54, 1.807) is 19.4 Å². The zero-order valence-electron chi connectivity index (χ0n) is 21.1. The van der Waals surface area contributed by atoms with E-state index in [2.05, 4.69) is 5.32 Å². The van der Waals surface area contributed by atoms with Gasteiger partial charge in [-0.25, -0.2) is 0 Å². The molecule has 0 aliphatic heterocycles. The second-order valence-corrected chi connectivity index (χ2v) is 8.63. The molecular weight excluding hydrogens is 438 g/mol. The van der Waals surface area contributed by atoms with E-state index >= 15 is 0 Å².